The highest BCUT2D eigenvalue weighted by Gasteiger charge is 2.17. The topological polar surface area (TPSA) is 98.1 Å². The van der Waals surface area contributed by atoms with Crippen molar-refractivity contribution in [3.05, 3.63) is 63.8 Å². The first-order valence-corrected chi connectivity index (χ1v) is 13.7. The average Bonchev–Trinajstić information content (AvgIpc) is 3.37. The number of anilines is 1. The van der Waals surface area contributed by atoms with Crippen molar-refractivity contribution in [1.29, 1.82) is 0 Å². The zero-order valence-corrected chi connectivity index (χ0v) is 24.0. The van der Waals surface area contributed by atoms with E-state index in [1.807, 2.05) is 6.07 Å². The lowest BCUT2D eigenvalue weighted by Gasteiger charge is -2.15. The second-order valence-electron chi connectivity index (χ2n) is 8.81. The van der Waals surface area contributed by atoms with Crippen LogP contribution in [-0.2, 0) is 13.0 Å². The highest BCUT2D eigenvalue weighted by atomic mass is 35.5. The molecule has 38 heavy (non-hydrogen) atoms. The standard InChI is InChI=1S/C23H22Cl2N4O2.C6H15N/c1-4-13-5-7-14(8-6-13)16-9-17-23(29-16)27-12-20(28-17)26-11-15-21(24)18(30-2)10-19(31-3)22(15)25;1-2-3-4-5-6-7/h5-10,12H,4,11H2,1-3H3,(H,26,28)(H,27,29);2-7H2,1H3. The first kappa shape index (κ1) is 29.6. The molecule has 0 bridgehead atoms. The molecule has 0 unspecified atom stereocenters. The minimum Gasteiger partial charge on any atom is -0.495 e. The molecule has 4 aromatic rings. The number of aromatic amines is 1. The second kappa shape index (κ2) is 14.8. The predicted molar refractivity (Wildman–Crippen MR) is 159 cm³/mol. The van der Waals surface area contributed by atoms with Crippen LogP contribution in [0.15, 0.2) is 42.6 Å². The van der Waals surface area contributed by atoms with Crippen molar-refractivity contribution < 1.29 is 9.47 Å². The molecule has 2 heterocycles. The summed E-state index contributed by atoms with van der Waals surface area (Å²) < 4.78 is 10.6. The molecule has 0 saturated carbocycles. The van der Waals surface area contributed by atoms with Crippen LogP contribution < -0.4 is 20.5 Å². The maximum Gasteiger partial charge on any atom is 0.156 e. The number of aromatic nitrogens is 3. The van der Waals surface area contributed by atoms with Crippen LogP contribution in [0.5, 0.6) is 11.5 Å². The summed E-state index contributed by atoms with van der Waals surface area (Å²) in [5, 5.41) is 4.08. The summed E-state index contributed by atoms with van der Waals surface area (Å²) >= 11 is 12.9. The number of halogens is 2. The van der Waals surface area contributed by atoms with Gasteiger partial charge in [-0.3, -0.25) is 0 Å². The van der Waals surface area contributed by atoms with Crippen LogP contribution in [-0.4, -0.2) is 35.7 Å². The monoisotopic (exact) mass is 557 g/mol. The molecule has 0 amide bonds. The quantitative estimate of drug-likeness (QED) is 0.164. The molecule has 0 atom stereocenters. The van der Waals surface area contributed by atoms with Crippen LogP contribution in [0.25, 0.3) is 22.4 Å². The third-order valence-electron chi connectivity index (χ3n) is 6.18. The van der Waals surface area contributed by atoms with Gasteiger partial charge in [-0.15, -0.1) is 0 Å². The van der Waals surface area contributed by atoms with Crippen LogP contribution in [0.3, 0.4) is 0 Å². The number of ether oxygens (including phenoxy) is 2. The Labute approximate surface area is 235 Å². The number of hydrogen-bond acceptors (Lipinski definition) is 6. The molecule has 4 N–H and O–H groups in total. The van der Waals surface area contributed by atoms with Gasteiger partial charge in [0, 0.05) is 23.9 Å². The van der Waals surface area contributed by atoms with Crippen molar-refractivity contribution in [3.8, 4) is 22.8 Å². The zero-order chi connectivity index (χ0) is 27.5. The Hall–Kier alpha value is -3.00. The maximum absolute atomic E-state index is 6.45. The van der Waals surface area contributed by atoms with Gasteiger partial charge in [-0.25, -0.2) is 9.97 Å². The van der Waals surface area contributed by atoms with E-state index in [-0.39, 0.29) is 0 Å². The van der Waals surface area contributed by atoms with Crippen molar-refractivity contribution >= 4 is 40.2 Å². The molecule has 0 aliphatic carbocycles. The molecule has 204 valence electrons. The smallest absolute Gasteiger partial charge is 0.156 e. The van der Waals surface area contributed by atoms with Gasteiger partial charge in [0.15, 0.2) is 5.65 Å². The number of aryl methyl sites for hydroxylation is 1. The Kier molecular flexibility index (Phi) is 11.5. The second-order valence-corrected chi connectivity index (χ2v) is 9.57. The lowest BCUT2D eigenvalue weighted by atomic mass is 10.1. The molecule has 4 rings (SSSR count). The Morgan fingerprint density at radius 3 is 2.21 bits per heavy atom. The van der Waals surface area contributed by atoms with Gasteiger partial charge in [0.25, 0.3) is 0 Å². The summed E-state index contributed by atoms with van der Waals surface area (Å²) in [6, 6.07) is 12.1. The fourth-order valence-corrected chi connectivity index (χ4v) is 4.54. The zero-order valence-electron chi connectivity index (χ0n) is 22.5. The van der Waals surface area contributed by atoms with Gasteiger partial charge < -0.3 is 25.5 Å². The number of unbranched alkanes of at least 4 members (excludes halogenated alkanes) is 3. The van der Waals surface area contributed by atoms with E-state index in [1.54, 1.807) is 26.5 Å². The van der Waals surface area contributed by atoms with Gasteiger partial charge in [-0.2, -0.15) is 0 Å². The Balaban J connectivity index is 0.000000505. The van der Waals surface area contributed by atoms with Crippen molar-refractivity contribution in [2.24, 2.45) is 5.73 Å². The Bertz CT molecular complexity index is 1280. The summed E-state index contributed by atoms with van der Waals surface area (Å²) in [5.74, 6) is 1.59. The highest BCUT2D eigenvalue weighted by Crippen LogP contribution is 2.40. The Morgan fingerprint density at radius 2 is 1.63 bits per heavy atom. The van der Waals surface area contributed by atoms with E-state index < -0.39 is 0 Å². The predicted octanol–water partition coefficient (Wildman–Crippen LogP) is 7.65. The molecule has 2 aromatic heterocycles. The summed E-state index contributed by atoms with van der Waals surface area (Å²) in [5.41, 5.74) is 10.8. The lowest BCUT2D eigenvalue weighted by Crippen LogP contribution is -2.05. The van der Waals surface area contributed by atoms with E-state index in [1.165, 1.54) is 31.2 Å². The van der Waals surface area contributed by atoms with Crippen LogP contribution in [0.4, 0.5) is 5.82 Å². The van der Waals surface area contributed by atoms with Gasteiger partial charge in [0.2, 0.25) is 0 Å². The minimum atomic E-state index is 0.334. The van der Waals surface area contributed by atoms with Crippen molar-refractivity contribution in [3.63, 3.8) is 0 Å². The number of nitrogens with two attached hydrogens (primary N) is 1. The first-order valence-electron chi connectivity index (χ1n) is 12.9. The highest BCUT2D eigenvalue weighted by molar-refractivity contribution is 6.37. The molecule has 0 radical (unpaired) electrons. The van der Waals surface area contributed by atoms with E-state index in [0.717, 1.165) is 35.4 Å². The molecule has 0 saturated heterocycles. The van der Waals surface area contributed by atoms with Crippen molar-refractivity contribution in [2.75, 3.05) is 26.1 Å². The van der Waals surface area contributed by atoms with Crippen molar-refractivity contribution in [2.45, 2.75) is 52.5 Å². The summed E-state index contributed by atoms with van der Waals surface area (Å²) in [6.45, 7) is 5.54. The van der Waals surface area contributed by atoms with Crippen LogP contribution in [0.2, 0.25) is 10.0 Å². The third-order valence-corrected chi connectivity index (χ3v) is 7.00. The van der Waals surface area contributed by atoms with Crippen LogP contribution >= 0.6 is 23.2 Å². The van der Waals surface area contributed by atoms with E-state index >= 15 is 0 Å². The van der Waals surface area contributed by atoms with E-state index in [0.29, 0.717) is 39.5 Å². The van der Waals surface area contributed by atoms with E-state index in [4.69, 9.17) is 38.4 Å². The molecule has 0 aliphatic rings. The molecule has 0 aliphatic heterocycles. The molecule has 0 fully saturated rings. The van der Waals surface area contributed by atoms with Gasteiger partial charge in [0.05, 0.1) is 30.5 Å². The molecule has 9 heteroatoms. The number of nitrogens with zero attached hydrogens (tertiary/aromatic N) is 2. The normalized spacial score (nSPS) is 10.7. The molecular formula is C29H37Cl2N5O2. The number of methoxy groups -OCH3 is 2. The Morgan fingerprint density at radius 1 is 0.947 bits per heavy atom. The molecular weight excluding hydrogens is 521 g/mol. The molecule has 7 nitrogen and oxygen atoms in total. The van der Waals surface area contributed by atoms with Crippen molar-refractivity contribution in [1.82, 2.24) is 15.0 Å². The molecule has 0 spiro atoms. The van der Waals surface area contributed by atoms with Gasteiger partial charge in [-0.05, 0) is 36.6 Å². The van der Waals surface area contributed by atoms with E-state index in [2.05, 4.69) is 58.4 Å². The van der Waals surface area contributed by atoms with E-state index in [9.17, 15) is 0 Å². The third kappa shape index (κ3) is 7.53. The summed E-state index contributed by atoms with van der Waals surface area (Å²) in [7, 11) is 3.09. The molecule has 2 aromatic carbocycles. The largest absolute Gasteiger partial charge is 0.495 e. The SMILES string of the molecule is CCCCCCN.CCc1ccc(-c2cc3nc(NCc4c(Cl)c(OC)cc(OC)c4Cl)cnc3[nH]2)cc1. The fraction of sp³-hybridized carbons (Fsp3) is 0.379. The number of H-pyrrole nitrogens is 1. The van der Waals surface area contributed by atoms with Gasteiger partial charge in [0.1, 0.15) is 22.8 Å². The van der Waals surface area contributed by atoms with Crippen LogP contribution in [0.1, 0.15) is 50.7 Å². The summed E-state index contributed by atoms with van der Waals surface area (Å²) in [4.78, 5) is 12.5. The fourth-order valence-electron chi connectivity index (χ4n) is 3.90. The minimum absolute atomic E-state index is 0.334. The summed E-state index contributed by atoms with van der Waals surface area (Å²) in [6.07, 6.45) is 7.85. The first-order chi connectivity index (χ1) is 18.4. The number of nitrogens with one attached hydrogen (secondary N) is 2. The number of hydrogen-bond donors (Lipinski definition) is 3. The lowest BCUT2D eigenvalue weighted by molar-refractivity contribution is 0.394. The van der Waals surface area contributed by atoms with Gasteiger partial charge in [-0.1, -0.05) is 80.6 Å². The van der Waals surface area contributed by atoms with Gasteiger partial charge >= 0.3 is 0 Å². The number of benzene rings is 2. The average molecular weight is 559 g/mol. The number of fused-ring (bicyclic) bond motifs is 1. The number of rotatable bonds is 11. The van der Waals surface area contributed by atoms with Crippen LogP contribution in [0, 0.1) is 0 Å². The maximum atomic E-state index is 6.45.